The van der Waals surface area contributed by atoms with Gasteiger partial charge in [0.1, 0.15) is 6.10 Å². The van der Waals surface area contributed by atoms with Gasteiger partial charge < -0.3 is 4.74 Å². The zero-order valence-corrected chi connectivity index (χ0v) is 18.6. The Hall–Kier alpha value is -2.95. The average molecular weight is 420 g/mol. The SMILES string of the molecule is Cc1ccc(N2C(=O)c3ccc(C(=O)O[C@H]4C[C@@H](C)CC[C@@H]4C(C)C)cc3C2=O)cc1. The quantitative estimate of drug-likeness (QED) is 0.491. The summed E-state index contributed by atoms with van der Waals surface area (Å²) < 4.78 is 5.92. The van der Waals surface area contributed by atoms with Crippen LogP contribution < -0.4 is 4.90 Å². The van der Waals surface area contributed by atoms with Gasteiger partial charge in [0, 0.05) is 0 Å². The summed E-state index contributed by atoms with van der Waals surface area (Å²) in [6.45, 7) is 8.47. The predicted molar refractivity (Wildman–Crippen MR) is 119 cm³/mol. The maximum absolute atomic E-state index is 13.0. The Bertz CT molecular complexity index is 1020. The number of amides is 2. The molecule has 5 heteroatoms. The first-order valence-electron chi connectivity index (χ1n) is 11.1. The van der Waals surface area contributed by atoms with E-state index in [4.69, 9.17) is 4.74 Å². The molecule has 2 aromatic rings. The number of benzene rings is 2. The monoisotopic (exact) mass is 419 g/mol. The van der Waals surface area contributed by atoms with E-state index in [1.165, 1.54) is 6.07 Å². The topological polar surface area (TPSA) is 63.7 Å². The first kappa shape index (κ1) is 21.3. The first-order chi connectivity index (χ1) is 14.8. The van der Waals surface area contributed by atoms with Crippen LogP contribution in [-0.4, -0.2) is 23.9 Å². The third-order valence-corrected chi connectivity index (χ3v) is 6.63. The lowest BCUT2D eigenvalue weighted by Gasteiger charge is -2.36. The van der Waals surface area contributed by atoms with Crippen LogP contribution in [0, 0.1) is 24.7 Å². The van der Waals surface area contributed by atoms with Gasteiger partial charge in [-0.15, -0.1) is 0 Å². The molecule has 2 aliphatic rings. The highest BCUT2D eigenvalue weighted by molar-refractivity contribution is 6.34. The van der Waals surface area contributed by atoms with E-state index in [-0.39, 0.29) is 17.6 Å². The fourth-order valence-electron chi connectivity index (χ4n) is 4.75. The third kappa shape index (κ3) is 4.01. The van der Waals surface area contributed by atoms with Crippen molar-refractivity contribution in [1.82, 2.24) is 0 Å². The van der Waals surface area contributed by atoms with E-state index in [1.54, 1.807) is 24.3 Å². The fourth-order valence-corrected chi connectivity index (χ4v) is 4.75. The van der Waals surface area contributed by atoms with Crippen LogP contribution in [0.25, 0.3) is 0 Å². The summed E-state index contributed by atoms with van der Waals surface area (Å²) in [7, 11) is 0. The molecule has 162 valence electrons. The second kappa shape index (κ2) is 8.29. The zero-order valence-electron chi connectivity index (χ0n) is 18.6. The van der Waals surface area contributed by atoms with Gasteiger partial charge in [-0.05, 0) is 67.9 Å². The Balaban J connectivity index is 1.57. The lowest BCUT2D eigenvalue weighted by Crippen LogP contribution is -2.35. The lowest BCUT2D eigenvalue weighted by molar-refractivity contribution is -0.0174. The molecular formula is C26H29NO4. The molecule has 0 bridgehead atoms. The summed E-state index contributed by atoms with van der Waals surface area (Å²) in [5.41, 5.74) is 2.44. The van der Waals surface area contributed by atoms with Gasteiger partial charge in [0.05, 0.1) is 22.4 Å². The third-order valence-electron chi connectivity index (χ3n) is 6.63. The first-order valence-corrected chi connectivity index (χ1v) is 11.1. The molecular weight excluding hydrogens is 390 g/mol. The van der Waals surface area contributed by atoms with Crippen molar-refractivity contribution in [3.8, 4) is 0 Å². The van der Waals surface area contributed by atoms with Gasteiger partial charge in [-0.3, -0.25) is 9.59 Å². The molecule has 2 amide bonds. The molecule has 1 heterocycles. The van der Waals surface area contributed by atoms with Crippen molar-refractivity contribution >= 4 is 23.5 Å². The van der Waals surface area contributed by atoms with Crippen LogP contribution in [0.5, 0.6) is 0 Å². The highest BCUT2D eigenvalue weighted by atomic mass is 16.5. The number of hydrogen-bond donors (Lipinski definition) is 0. The van der Waals surface area contributed by atoms with Crippen LogP contribution in [0.1, 0.15) is 76.7 Å². The number of hydrogen-bond acceptors (Lipinski definition) is 4. The summed E-state index contributed by atoms with van der Waals surface area (Å²) in [6.07, 6.45) is 2.95. The summed E-state index contributed by atoms with van der Waals surface area (Å²) in [6, 6.07) is 11.9. The van der Waals surface area contributed by atoms with Crippen molar-refractivity contribution in [2.24, 2.45) is 17.8 Å². The van der Waals surface area contributed by atoms with Crippen LogP contribution >= 0.6 is 0 Å². The minimum Gasteiger partial charge on any atom is -0.458 e. The van der Waals surface area contributed by atoms with Crippen molar-refractivity contribution in [2.45, 2.75) is 53.1 Å². The zero-order chi connectivity index (χ0) is 22.3. The highest BCUT2D eigenvalue weighted by Gasteiger charge is 2.38. The molecule has 0 saturated heterocycles. The molecule has 4 rings (SSSR count). The number of rotatable bonds is 4. The Labute approximate surface area is 183 Å². The number of carbonyl (C=O) groups excluding carboxylic acids is 3. The largest absolute Gasteiger partial charge is 0.458 e. The minimum absolute atomic E-state index is 0.120. The summed E-state index contributed by atoms with van der Waals surface area (Å²) in [5.74, 6) is 0.0914. The van der Waals surface area contributed by atoms with E-state index < -0.39 is 11.9 Å². The van der Waals surface area contributed by atoms with E-state index in [9.17, 15) is 14.4 Å². The van der Waals surface area contributed by atoms with Gasteiger partial charge in [-0.25, -0.2) is 9.69 Å². The average Bonchev–Trinajstić information content (AvgIpc) is 2.98. The maximum atomic E-state index is 13.0. The van der Waals surface area contributed by atoms with Crippen LogP contribution in [0.2, 0.25) is 0 Å². The molecule has 0 unspecified atom stereocenters. The summed E-state index contributed by atoms with van der Waals surface area (Å²) in [5, 5.41) is 0. The number of imide groups is 1. The van der Waals surface area contributed by atoms with E-state index >= 15 is 0 Å². The second-order valence-electron chi connectivity index (χ2n) is 9.31. The van der Waals surface area contributed by atoms with Gasteiger partial charge in [-0.1, -0.05) is 44.9 Å². The Kier molecular flexibility index (Phi) is 5.69. The highest BCUT2D eigenvalue weighted by Crippen LogP contribution is 2.36. The van der Waals surface area contributed by atoms with Crippen molar-refractivity contribution < 1.29 is 19.1 Å². The number of ether oxygens (including phenoxy) is 1. The molecule has 31 heavy (non-hydrogen) atoms. The van der Waals surface area contributed by atoms with Crippen LogP contribution in [0.15, 0.2) is 42.5 Å². The number of esters is 1. The summed E-state index contributed by atoms with van der Waals surface area (Å²) >= 11 is 0. The number of aryl methyl sites for hydroxylation is 1. The van der Waals surface area contributed by atoms with Crippen molar-refractivity contribution in [3.63, 3.8) is 0 Å². The number of fused-ring (bicyclic) bond motifs is 1. The van der Waals surface area contributed by atoms with E-state index in [0.29, 0.717) is 34.6 Å². The molecule has 1 aliphatic heterocycles. The van der Waals surface area contributed by atoms with Gasteiger partial charge in [0.25, 0.3) is 11.8 Å². The van der Waals surface area contributed by atoms with Crippen LogP contribution in [-0.2, 0) is 4.74 Å². The Morgan fingerprint density at radius 3 is 2.35 bits per heavy atom. The summed E-state index contributed by atoms with van der Waals surface area (Å²) in [4.78, 5) is 39.9. The van der Waals surface area contributed by atoms with E-state index in [1.807, 2.05) is 19.1 Å². The van der Waals surface area contributed by atoms with Crippen LogP contribution in [0.4, 0.5) is 5.69 Å². The molecule has 1 saturated carbocycles. The minimum atomic E-state index is -0.429. The molecule has 1 fully saturated rings. The Morgan fingerprint density at radius 1 is 1.00 bits per heavy atom. The molecule has 5 nitrogen and oxygen atoms in total. The second-order valence-corrected chi connectivity index (χ2v) is 9.31. The molecule has 3 atom stereocenters. The number of anilines is 1. The molecule has 0 aromatic heterocycles. The maximum Gasteiger partial charge on any atom is 0.338 e. The fraction of sp³-hybridized carbons (Fsp3) is 0.423. The molecule has 2 aromatic carbocycles. The van der Waals surface area contributed by atoms with E-state index in [0.717, 1.165) is 29.7 Å². The normalized spacial score (nSPS) is 23.3. The lowest BCUT2D eigenvalue weighted by atomic mass is 9.75. The van der Waals surface area contributed by atoms with Crippen molar-refractivity contribution in [3.05, 3.63) is 64.7 Å². The predicted octanol–water partition coefficient (Wildman–Crippen LogP) is 5.41. The molecule has 0 N–H and O–H groups in total. The van der Waals surface area contributed by atoms with Gasteiger partial charge in [0.2, 0.25) is 0 Å². The van der Waals surface area contributed by atoms with Crippen molar-refractivity contribution in [1.29, 1.82) is 0 Å². The number of carbonyl (C=O) groups is 3. The van der Waals surface area contributed by atoms with Crippen LogP contribution in [0.3, 0.4) is 0 Å². The van der Waals surface area contributed by atoms with Gasteiger partial charge >= 0.3 is 5.97 Å². The van der Waals surface area contributed by atoms with Gasteiger partial charge in [-0.2, -0.15) is 0 Å². The molecule has 0 spiro atoms. The smallest absolute Gasteiger partial charge is 0.338 e. The standard InChI is InChI=1S/C26H29NO4/c1-15(2)20-11-7-17(4)13-23(20)31-26(30)18-8-12-21-22(14-18)25(29)27(24(21)28)19-9-5-16(3)6-10-19/h5-6,8-10,12,14-15,17,20,23H,7,11,13H2,1-4H3/t17-,20+,23-/m0/s1. The van der Waals surface area contributed by atoms with Crippen molar-refractivity contribution in [2.75, 3.05) is 4.90 Å². The number of nitrogens with zero attached hydrogens (tertiary/aromatic N) is 1. The Morgan fingerprint density at radius 2 is 1.68 bits per heavy atom. The van der Waals surface area contributed by atoms with E-state index in [2.05, 4.69) is 20.8 Å². The molecule has 1 aliphatic carbocycles. The van der Waals surface area contributed by atoms with Gasteiger partial charge in [0.15, 0.2) is 0 Å². The molecule has 0 radical (unpaired) electrons.